The van der Waals surface area contributed by atoms with E-state index in [-0.39, 0.29) is 19.6 Å². The van der Waals surface area contributed by atoms with Crippen molar-refractivity contribution >= 4 is 17.9 Å². The van der Waals surface area contributed by atoms with E-state index in [2.05, 4.69) is 4.74 Å². The molecule has 0 N–H and O–H groups in total. The van der Waals surface area contributed by atoms with Crippen LogP contribution in [0.1, 0.15) is 27.2 Å². The fourth-order valence-corrected chi connectivity index (χ4v) is 1.10. The fraction of sp³-hybridized carbons (Fsp3) is 0.583. The average Bonchev–Trinajstić information content (AvgIpc) is 2.25. The summed E-state index contributed by atoms with van der Waals surface area (Å²) in [5.74, 6) is -1.40. The van der Waals surface area contributed by atoms with Crippen LogP contribution < -0.4 is 0 Å². The monoisotopic (exact) mass is 258 g/mol. The molecule has 0 fully saturated rings. The van der Waals surface area contributed by atoms with Crippen molar-refractivity contribution in [3.05, 3.63) is 12.2 Å². The van der Waals surface area contributed by atoms with Crippen LogP contribution in [0.2, 0.25) is 0 Å². The molecule has 0 heterocycles. The summed E-state index contributed by atoms with van der Waals surface area (Å²) in [6.07, 6.45) is 2.26. The molecule has 1 atom stereocenters. The lowest BCUT2D eigenvalue weighted by molar-refractivity contribution is -0.146. The molecule has 0 aliphatic heterocycles. The predicted octanol–water partition coefficient (Wildman–Crippen LogP) is 0.991. The van der Waals surface area contributed by atoms with E-state index in [9.17, 15) is 14.4 Å². The van der Waals surface area contributed by atoms with E-state index in [4.69, 9.17) is 9.47 Å². The van der Waals surface area contributed by atoms with Crippen LogP contribution in [-0.4, -0.2) is 37.2 Å². The third-order valence-corrected chi connectivity index (χ3v) is 1.76. The summed E-state index contributed by atoms with van der Waals surface area (Å²) in [4.78, 5) is 32.5. The van der Waals surface area contributed by atoms with Gasteiger partial charge in [0.05, 0.1) is 13.2 Å². The maximum Gasteiger partial charge on any atom is 0.330 e. The van der Waals surface area contributed by atoms with Gasteiger partial charge in [0.25, 0.3) is 0 Å². The second-order valence-corrected chi connectivity index (χ2v) is 3.39. The topological polar surface area (TPSA) is 78.9 Å². The van der Waals surface area contributed by atoms with Gasteiger partial charge in [-0.3, -0.25) is 9.59 Å². The first-order chi connectivity index (χ1) is 8.45. The summed E-state index contributed by atoms with van der Waals surface area (Å²) in [6.45, 7) is 4.62. The van der Waals surface area contributed by atoms with Crippen molar-refractivity contribution in [2.75, 3.05) is 13.2 Å². The van der Waals surface area contributed by atoms with E-state index >= 15 is 0 Å². The molecule has 0 rings (SSSR count). The van der Waals surface area contributed by atoms with Crippen LogP contribution in [0.5, 0.6) is 0 Å². The largest absolute Gasteiger partial charge is 0.466 e. The van der Waals surface area contributed by atoms with Gasteiger partial charge in [-0.2, -0.15) is 0 Å². The van der Waals surface area contributed by atoms with Crippen molar-refractivity contribution in [2.24, 2.45) is 0 Å². The Labute approximate surface area is 106 Å². The van der Waals surface area contributed by atoms with Crippen LogP contribution in [0.4, 0.5) is 0 Å². The first-order valence-corrected chi connectivity index (χ1v) is 5.61. The molecule has 0 aromatic heterocycles. The van der Waals surface area contributed by atoms with Gasteiger partial charge in [-0.25, -0.2) is 4.79 Å². The summed E-state index contributed by atoms with van der Waals surface area (Å²) in [5, 5.41) is 0. The van der Waals surface area contributed by atoms with Gasteiger partial charge < -0.3 is 14.2 Å². The molecule has 1 unspecified atom stereocenters. The number of rotatable bonds is 7. The molecule has 0 aliphatic carbocycles. The van der Waals surface area contributed by atoms with Crippen molar-refractivity contribution < 1.29 is 28.6 Å². The van der Waals surface area contributed by atoms with Gasteiger partial charge in [0.1, 0.15) is 6.10 Å². The summed E-state index contributed by atoms with van der Waals surface area (Å²) >= 11 is 0. The molecule has 0 bridgehead atoms. The normalized spacial score (nSPS) is 11.9. The molecular weight excluding hydrogens is 240 g/mol. The molecule has 18 heavy (non-hydrogen) atoms. The summed E-state index contributed by atoms with van der Waals surface area (Å²) < 4.78 is 14.4. The predicted molar refractivity (Wildman–Crippen MR) is 62.6 cm³/mol. The van der Waals surface area contributed by atoms with E-state index in [1.807, 2.05) is 0 Å². The highest BCUT2D eigenvalue weighted by molar-refractivity contribution is 5.82. The molecule has 0 spiro atoms. The Morgan fingerprint density at radius 1 is 1.11 bits per heavy atom. The van der Waals surface area contributed by atoms with Crippen molar-refractivity contribution in [2.45, 2.75) is 33.3 Å². The maximum absolute atomic E-state index is 11.1. The Kier molecular flexibility index (Phi) is 8.26. The highest BCUT2D eigenvalue weighted by atomic mass is 16.6. The number of hydrogen-bond acceptors (Lipinski definition) is 6. The Morgan fingerprint density at radius 3 is 2.28 bits per heavy atom. The van der Waals surface area contributed by atoms with Crippen molar-refractivity contribution in [1.29, 1.82) is 0 Å². The number of ether oxygens (including phenoxy) is 3. The lowest BCUT2D eigenvalue weighted by Gasteiger charge is -2.12. The zero-order valence-corrected chi connectivity index (χ0v) is 10.8. The molecule has 0 radical (unpaired) electrons. The first kappa shape index (κ1) is 16.1. The van der Waals surface area contributed by atoms with Crippen LogP contribution in [0, 0.1) is 0 Å². The minimum Gasteiger partial charge on any atom is -0.466 e. The van der Waals surface area contributed by atoms with Crippen LogP contribution in [0.3, 0.4) is 0 Å². The molecule has 0 aliphatic rings. The molecule has 0 saturated heterocycles. The number of carbonyl (C=O) groups excluding carboxylic acids is 3. The minimum absolute atomic E-state index is 0.112. The zero-order valence-electron chi connectivity index (χ0n) is 10.8. The third kappa shape index (κ3) is 9.38. The smallest absolute Gasteiger partial charge is 0.330 e. The average molecular weight is 258 g/mol. The molecule has 6 nitrogen and oxygen atoms in total. The summed E-state index contributed by atoms with van der Waals surface area (Å²) in [6, 6.07) is 0. The molecule has 0 saturated carbocycles. The second kappa shape index (κ2) is 9.21. The molecule has 0 aromatic carbocycles. The van der Waals surface area contributed by atoms with Crippen molar-refractivity contribution in [3.8, 4) is 0 Å². The van der Waals surface area contributed by atoms with E-state index in [1.165, 1.54) is 26.0 Å². The SMILES string of the molecule is CCOC(=O)/C=C/C(CCOC(C)=O)OC(C)=O. The van der Waals surface area contributed by atoms with Gasteiger partial charge in [0, 0.05) is 26.3 Å². The Bertz CT molecular complexity index is 321. The van der Waals surface area contributed by atoms with Crippen molar-refractivity contribution in [1.82, 2.24) is 0 Å². The number of carbonyl (C=O) groups is 3. The fourth-order valence-electron chi connectivity index (χ4n) is 1.10. The van der Waals surface area contributed by atoms with Crippen LogP contribution in [0.25, 0.3) is 0 Å². The molecule has 6 heteroatoms. The molecule has 0 aromatic rings. The lowest BCUT2D eigenvalue weighted by atomic mass is 10.2. The highest BCUT2D eigenvalue weighted by Gasteiger charge is 2.10. The Balaban J connectivity index is 4.25. The van der Waals surface area contributed by atoms with E-state index in [1.54, 1.807) is 6.92 Å². The summed E-state index contributed by atoms with van der Waals surface area (Å²) in [5.41, 5.74) is 0. The Hall–Kier alpha value is -1.85. The maximum atomic E-state index is 11.1. The van der Waals surface area contributed by atoms with Crippen molar-refractivity contribution in [3.63, 3.8) is 0 Å². The van der Waals surface area contributed by atoms with Crippen LogP contribution in [0.15, 0.2) is 12.2 Å². The van der Waals surface area contributed by atoms with Gasteiger partial charge >= 0.3 is 17.9 Å². The minimum atomic E-state index is -0.619. The Morgan fingerprint density at radius 2 is 1.78 bits per heavy atom. The summed E-state index contributed by atoms with van der Waals surface area (Å²) in [7, 11) is 0. The van der Waals surface area contributed by atoms with Crippen LogP contribution in [-0.2, 0) is 28.6 Å². The number of esters is 3. The highest BCUT2D eigenvalue weighted by Crippen LogP contribution is 2.03. The van der Waals surface area contributed by atoms with Gasteiger partial charge in [0.15, 0.2) is 0 Å². The van der Waals surface area contributed by atoms with Gasteiger partial charge in [0.2, 0.25) is 0 Å². The van der Waals surface area contributed by atoms with E-state index < -0.39 is 24.0 Å². The van der Waals surface area contributed by atoms with Crippen LogP contribution >= 0.6 is 0 Å². The van der Waals surface area contributed by atoms with Gasteiger partial charge in [-0.1, -0.05) is 0 Å². The lowest BCUT2D eigenvalue weighted by Crippen LogP contribution is -2.17. The number of hydrogen-bond donors (Lipinski definition) is 0. The van der Waals surface area contributed by atoms with Gasteiger partial charge in [-0.05, 0) is 13.0 Å². The second-order valence-electron chi connectivity index (χ2n) is 3.39. The standard InChI is InChI=1S/C12H18O6/c1-4-16-12(15)6-5-11(18-10(3)14)7-8-17-9(2)13/h5-6,11H,4,7-8H2,1-3H3/b6-5+. The quantitative estimate of drug-likeness (QED) is 0.385. The van der Waals surface area contributed by atoms with E-state index in [0.717, 1.165) is 0 Å². The molecular formula is C12H18O6. The third-order valence-electron chi connectivity index (χ3n) is 1.76. The molecule has 102 valence electrons. The molecule has 0 amide bonds. The van der Waals surface area contributed by atoms with E-state index in [0.29, 0.717) is 0 Å². The zero-order chi connectivity index (χ0) is 14.0. The van der Waals surface area contributed by atoms with Gasteiger partial charge in [-0.15, -0.1) is 0 Å². The first-order valence-electron chi connectivity index (χ1n) is 5.61.